The lowest BCUT2D eigenvalue weighted by molar-refractivity contribution is -0.00795. The van der Waals surface area contributed by atoms with Crippen LogP contribution in [0.25, 0.3) is 10.8 Å². The average molecular weight is 364 g/mol. The summed E-state index contributed by atoms with van der Waals surface area (Å²) in [6.45, 7) is 2.52. The van der Waals surface area contributed by atoms with E-state index in [-0.39, 0.29) is 12.0 Å². The molecule has 1 amide bonds. The number of allylic oxidation sites excluding steroid dienone is 2. The monoisotopic (exact) mass is 364 g/mol. The SMILES string of the molecule is O=C(O)N1CC=CC=C1C1CCNCC1OCc1ccc2ccccc2c1. The third-order valence-corrected chi connectivity index (χ3v) is 5.32. The van der Waals surface area contributed by atoms with E-state index in [0.29, 0.717) is 13.2 Å². The van der Waals surface area contributed by atoms with E-state index in [4.69, 9.17) is 4.74 Å². The van der Waals surface area contributed by atoms with Gasteiger partial charge in [-0.3, -0.25) is 4.90 Å². The van der Waals surface area contributed by atoms with Gasteiger partial charge in [-0.05, 0) is 41.4 Å². The van der Waals surface area contributed by atoms with Crippen molar-refractivity contribution in [3.05, 3.63) is 72.0 Å². The molecule has 2 aliphatic rings. The lowest BCUT2D eigenvalue weighted by Crippen LogP contribution is -2.47. The van der Waals surface area contributed by atoms with Gasteiger partial charge < -0.3 is 15.2 Å². The molecule has 2 aromatic rings. The van der Waals surface area contributed by atoms with Crippen LogP contribution in [0.5, 0.6) is 0 Å². The summed E-state index contributed by atoms with van der Waals surface area (Å²) >= 11 is 0. The lowest BCUT2D eigenvalue weighted by Gasteiger charge is -2.37. The highest BCUT2D eigenvalue weighted by Gasteiger charge is 2.33. The minimum absolute atomic E-state index is 0.0511. The van der Waals surface area contributed by atoms with Crippen LogP contribution >= 0.6 is 0 Å². The van der Waals surface area contributed by atoms with Crippen molar-refractivity contribution in [3.63, 3.8) is 0 Å². The Hall–Kier alpha value is -2.63. The number of benzene rings is 2. The Kier molecular flexibility index (Phi) is 5.23. The van der Waals surface area contributed by atoms with Crippen LogP contribution in [0.3, 0.4) is 0 Å². The number of fused-ring (bicyclic) bond motifs is 1. The Labute approximate surface area is 158 Å². The van der Waals surface area contributed by atoms with Crippen LogP contribution in [0, 0.1) is 5.92 Å². The van der Waals surface area contributed by atoms with Gasteiger partial charge in [0.25, 0.3) is 0 Å². The van der Waals surface area contributed by atoms with Gasteiger partial charge in [0.15, 0.2) is 0 Å². The maximum atomic E-state index is 11.6. The fourth-order valence-corrected chi connectivity index (χ4v) is 3.92. The molecule has 2 atom stereocenters. The van der Waals surface area contributed by atoms with E-state index in [1.165, 1.54) is 15.7 Å². The minimum Gasteiger partial charge on any atom is -0.465 e. The summed E-state index contributed by atoms with van der Waals surface area (Å²) in [5.41, 5.74) is 1.97. The van der Waals surface area contributed by atoms with Crippen LogP contribution < -0.4 is 5.32 Å². The smallest absolute Gasteiger partial charge is 0.411 e. The van der Waals surface area contributed by atoms with Crippen molar-refractivity contribution in [1.82, 2.24) is 10.2 Å². The van der Waals surface area contributed by atoms with Crippen molar-refractivity contribution < 1.29 is 14.6 Å². The third-order valence-electron chi connectivity index (χ3n) is 5.32. The maximum Gasteiger partial charge on any atom is 0.411 e. The number of ether oxygens (including phenoxy) is 1. The van der Waals surface area contributed by atoms with E-state index in [0.717, 1.165) is 30.8 Å². The van der Waals surface area contributed by atoms with Gasteiger partial charge in [-0.15, -0.1) is 0 Å². The molecule has 2 unspecified atom stereocenters. The molecule has 2 aromatic carbocycles. The summed E-state index contributed by atoms with van der Waals surface area (Å²) in [5.74, 6) is 0.0766. The summed E-state index contributed by atoms with van der Waals surface area (Å²) in [4.78, 5) is 13.0. The maximum absolute atomic E-state index is 11.6. The predicted octanol–water partition coefficient (Wildman–Crippen LogP) is 3.77. The first kappa shape index (κ1) is 17.8. The zero-order valence-electron chi connectivity index (χ0n) is 15.2. The lowest BCUT2D eigenvalue weighted by atomic mass is 9.89. The van der Waals surface area contributed by atoms with E-state index in [1.54, 1.807) is 0 Å². The molecule has 5 nitrogen and oxygen atoms in total. The van der Waals surface area contributed by atoms with Gasteiger partial charge in [-0.1, -0.05) is 48.6 Å². The van der Waals surface area contributed by atoms with Crippen molar-refractivity contribution >= 4 is 16.9 Å². The fraction of sp³-hybridized carbons (Fsp3) is 0.318. The summed E-state index contributed by atoms with van der Waals surface area (Å²) in [5, 5.41) is 15.3. The molecule has 4 rings (SSSR count). The van der Waals surface area contributed by atoms with E-state index in [9.17, 15) is 9.90 Å². The van der Waals surface area contributed by atoms with E-state index >= 15 is 0 Å². The number of hydrogen-bond acceptors (Lipinski definition) is 3. The molecule has 2 aliphatic heterocycles. The van der Waals surface area contributed by atoms with Crippen LogP contribution in [0.2, 0.25) is 0 Å². The second-order valence-corrected chi connectivity index (χ2v) is 7.04. The summed E-state index contributed by atoms with van der Waals surface area (Å²) in [6, 6.07) is 14.7. The number of rotatable bonds is 4. The molecule has 140 valence electrons. The second kappa shape index (κ2) is 7.94. The number of nitrogens with one attached hydrogen (secondary N) is 1. The highest BCUT2D eigenvalue weighted by Crippen LogP contribution is 2.29. The average Bonchev–Trinajstić information content (AvgIpc) is 2.72. The number of carboxylic acid groups (broad SMARTS) is 1. The van der Waals surface area contributed by atoms with Gasteiger partial charge >= 0.3 is 6.09 Å². The quantitative estimate of drug-likeness (QED) is 0.867. The highest BCUT2D eigenvalue weighted by atomic mass is 16.5. The molecular formula is C22H24N2O3. The molecule has 0 spiro atoms. The van der Waals surface area contributed by atoms with Gasteiger partial charge in [0.1, 0.15) is 0 Å². The third kappa shape index (κ3) is 3.89. The molecule has 0 radical (unpaired) electrons. The molecule has 5 heteroatoms. The normalized spacial score (nSPS) is 22.7. The van der Waals surface area contributed by atoms with Crippen LogP contribution in [0.15, 0.2) is 66.4 Å². The standard InChI is InChI=1S/C22H24N2O3/c25-22(26)24-12-4-3-7-20(24)19-10-11-23-14-21(19)27-15-16-8-9-17-5-1-2-6-18(17)13-16/h1-9,13,19,21,23H,10-12,14-15H2,(H,25,26). The van der Waals surface area contributed by atoms with E-state index in [1.807, 2.05) is 30.4 Å². The van der Waals surface area contributed by atoms with Crippen molar-refractivity contribution in [2.24, 2.45) is 5.92 Å². The molecule has 1 saturated heterocycles. The van der Waals surface area contributed by atoms with Gasteiger partial charge in [-0.25, -0.2) is 4.79 Å². The molecule has 0 saturated carbocycles. The zero-order chi connectivity index (χ0) is 18.6. The summed E-state index contributed by atoms with van der Waals surface area (Å²) in [6.07, 6.45) is 5.63. The van der Waals surface area contributed by atoms with Crippen LogP contribution in [0.1, 0.15) is 12.0 Å². The zero-order valence-corrected chi connectivity index (χ0v) is 15.2. The van der Waals surface area contributed by atoms with Gasteiger partial charge in [0.05, 0.1) is 12.7 Å². The molecule has 27 heavy (non-hydrogen) atoms. The molecule has 2 N–H and O–H groups in total. The van der Waals surface area contributed by atoms with Crippen molar-refractivity contribution in [2.75, 3.05) is 19.6 Å². The number of hydrogen-bond donors (Lipinski definition) is 2. The number of carbonyl (C=O) groups is 1. The number of nitrogens with zero attached hydrogens (tertiary/aromatic N) is 1. The van der Waals surface area contributed by atoms with Crippen molar-refractivity contribution in [2.45, 2.75) is 19.1 Å². The van der Waals surface area contributed by atoms with E-state index in [2.05, 4.69) is 35.6 Å². The van der Waals surface area contributed by atoms with Crippen molar-refractivity contribution in [3.8, 4) is 0 Å². The molecule has 0 aliphatic carbocycles. The Morgan fingerprint density at radius 1 is 1.22 bits per heavy atom. The Bertz CT molecular complexity index is 890. The predicted molar refractivity (Wildman–Crippen MR) is 105 cm³/mol. The van der Waals surface area contributed by atoms with Crippen LogP contribution in [-0.2, 0) is 11.3 Å². The van der Waals surface area contributed by atoms with Crippen LogP contribution in [0.4, 0.5) is 4.79 Å². The van der Waals surface area contributed by atoms with Crippen LogP contribution in [-0.4, -0.2) is 41.8 Å². The second-order valence-electron chi connectivity index (χ2n) is 7.04. The molecule has 0 bridgehead atoms. The summed E-state index contributed by atoms with van der Waals surface area (Å²) < 4.78 is 6.26. The molecular weight excluding hydrogens is 340 g/mol. The highest BCUT2D eigenvalue weighted by molar-refractivity contribution is 5.82. The number of piperidine rings is 1. The Morgan fingerprint density at radius 3 is 2.93 bits per heavy atom. The largest absolute Gasteiger partial charge is 0.465 e. The molecule has 0 aromatic heterocycles. The minimum atomic E-state index is -0.905. The van der Waals surface area contributed by atoms with Gasteiger partial charge in [0.2, 0.25) is 0 Å². The Morgan fingerprint density at radius 2 is 2.07 bits per heavy atom. The summed E-state index contributed by atoms with van der Waals surface area (Å²) in [7, 11) is 0. The first-order valence-electron chi connectivity index (χ1n) is 9.39. The van der Waals surface area contributed by atoms with Crippen molar-refractivity contribution in [1.29, 1.82) is 0 Å². The topological polar surface area (TPSA) is 61.8 Å². The van der Waals surface area contributed by atoms with Gasteiger partial charge in [0, 0.05) is 24.7 Å². The molecule has 2 heterocycles. The fourth-order valence-electron chi connectivity index (χ4n) is 3.92. The molecule has 1 fully saturated rings. The number of amides is 1. The van der Waals surface area contributed by atoms with E-state index < -0.39 is 6.09 Å². The first-order valence-corrected chi connectivity index (χ1v) is 9.39. The first-order chi connectivity index (χ1) is 13.2. The van der Waals surface area contributed by atoms with Gasteiger partial charge in [-0.2, -0.15) is 0 Å². The Balaban J connectivity index is 1.49.